The molecular formula is C18H18F2N2O5S. The van der Waals surface area contributed by atoms with Gasteiger partial charge in [0.25, 0.3) is 5.91 Å². The number of ether oxygens (including phenoxy) is 2. The van der Waals surface area contributed by atoms with Gasteiger partial charge in [0.2, 0.25) is 10.0 Å². The number of carbonyl (C=O) groups excluding carboxylic acids is 1. The van der Waals surface area contributed by atoms with Gasteiger partial charge in [0.05, 0.1) is 25.9 Å². The van der Waals surface area contributed by atoms with Crippen molar-refractivity contribution in [3.8, 4) is 5.75 Å². The van der Waals surface area contributed by atoms with Gasteiger partial charge in [0, 0.05) is 24.8 Å². The topological polar surface area (TPSA) is 84.9 Å². The van der Waals surface area contributed by atoms with Crippen molar-refractivity contribution in [2.24, 2.45) is 0 Å². The van der Waals surface area contributed by atoms with Gasteiger partial charge in [-0.1, -0.05) is 0 Å². The van der Waals surface area contributed by atoms with Crippen LogP contribution >= 0.6 is 0 Å². The van der Waals surface area contributed by atoms with Crippen molar-refractivity contribution in [2.75, 3.05) is 38.7 Å². The first-order chi connectivity index (χ1) is 13.3. The first-order valence-corrected chi connectivity index (χ1v) is 9.79. The summed E-state index contributed by atoms with van der Waals surface area (Å²) in [5.41, 5.74) is -0.240. The molecule has 28 heavy (non-hydrogen) atoms. The van der Waals surface area contributed by atoms with Gasteiger partial charge in [-0.3, -0.25) is 4.79 Å². The summed E-state index contributed by atoms with van der Waals surface area (Å²) in [6.45, 7) is 0.954. The Labute approximate surface area is 160 Å². The number of halogens is 2. The van der Waals surface area contributed by atoms with Crippen molar-refractivity contribution in [1.29, 1.82) is 0 Å². The molecule has 0 aromatic heterocycles. The summed E-state index contributed by atoms with van der Waals surface area (Å²) >= 11 is 0. The molecule has 0 spiro atoms. The fourth-order valence-corrected chi connectivity index (χ4v) is 4.34. The van der Waals surface area contributed by atoms with Crippen LogP contribution in [0.5, 0.6) is 5.75 Å². The number of rotatable bonds is 5. The summed E-state index contributed by atoms with van der Waals surface area (Å²) in [5.74, 6) is -2.56. The summed E-state index contributed by atoms with van der Waals surface area (Å²) < 4.78 is 64.3. The van der Waals surface area contributed by atoms with Crippen LogP contribution in [0, 0.1) is 11.6 Å². The van der Waals surface area contributed by atoms with Gasteiger partial charge in [-0.15, -0.1) is 0 Å². The molecular weight excluding hydrogens is 394 g/mol. The lowest BCUT2D eigenvalue weighted by molar-refractivity contribution is 0.0729. The molecule has 2 aromatic carbocycles. The van der Waals surface area contributed by atoms with E-state index in [0.29, 0.717) is 6.07 Å². The van der Waals surface area contributed by atoms with Gasteiger partial charge in [0.1, 0.15) is 22.3 Å². The maximum atomic E-state index is 13.8. The summed E-state index contributed by atoms with van der Waals surface area (Å²) in [6, 6.07) is 6.62. The average molecular weight is 412 g/mol. The summed E-state index contributed by atoms with van der Waals surface area (Å²) in [4.78, 5) is 12.2. The molecule has 7 nitrogen and oxygen atoms in total. The number of methoxy groups -OCH3 is 1. The van der Waals surface area contributed by atoms with Crippen LogP contribution in [0.25, 0.3) is 0 Å². The van der Waals surface area contributed by atoms with E-state index >= 15 is 0 Å². The summed E-state index contributed by atoms with van der Waals surface area (Å²) in [7, 11) is -2.55. The highest BCUT2D eigenvalue weighted by Crippen LogP contribution is 2.30. The van der Waals surface area contributed by atoms with Gasteiger partial charge < -0.3 is 14.8 Å². The monoisotopic (exact) mass is 412 g/mol. The van der Waals surface area contributed by atoms with Crippen molar-refractivity contribution in [1.82, 2.24) is 4.31 Å². The highest BCUT2D eigenvalue weighted by atomic mass is 32.2. The van der Waals surface area contributed by atoms with Crippen LogP contribution in [-0.4, -0.2) is 52.0 Å². The number of hydrogen-bond acceptors (Lipinski definition) is 5. The number of anilines is 1. The van der Waals surface area contributed by atoms with E-state index in [2.05, 4.69) is 5.32 Å². The number of nitrogens with one attached hydrogen (secondary N) is 1. The summed E-state index contributed by atoms with van der Waals surface area (Å²) in [6.07, 6.45) is 0. The zero-order valence-electron chi connectivity index (χ0n) is 14.9. The summed E-state index contributed by atoms with van der Waals surface area (Å²) in [5, 5.41) is 2.42. The van der Waals surface area contributed by atoms with E-state index in [0.717, 1.165) is 12.1 Å². The van der Waals surface area contributed by atoms with Crippen LogP contribution in [0.4, 0.5) is 14.5 Å². The van der Waals surface area contributed by atoms with E-state index in [4.69, 9.17) is 9.47 Å². The second-order valence-corrected chi connectivity index (χ2v) is 7.87. The first-order valence-electron chi connectivity index (χ1n) is 8.35. The van der Waals surface area contributed by atoms with E-state index in [9.17, 15) is 22.0 Å². The fraction of sp³-hybridized carbons (Fsp3) is 0.278. The minimum Gasteiger partial charge on any atom is -0.495 e. The van der Waals surface area contributed by atoms with Crippen molar-refractivity contribution in [2.45, 2.75) is 4.90 Å². The van der Waals surface area contributed by atoms with Crippen LogP contribution in [0.15, 0.2) is 41.3 Å². The van der Waals surface area contributed by atoms with E-state index in [1.54, 1.807) is 0 Å². The maximum absolute atomic E-state index is 13.8. The molecule has 10 heteroatoms. The van der Waals surface area contributed by atoms with Crippen LogP contribution in [0.2, 0.25) is 0 Å². The van der Waals surface area contributed by atoms with Crippen LogP contribution in [0.1, 0.15) is 10.4 Å². The Kier molecular flexibility index (Phi) is 5.92. The van der Waals surface area contributed by atoms with Gasteiger partial charge in [-0.25, -0.2) is 17.2 Å². The van der Waals surface area contributed by atoms with E-state index in [-0.39, 0.29) is 48.2 Å². The predicted molar refractivity (Wildman–Crippen MR) is 96.9 cm³/mol. The molecule has 0 radical (unpaired) electrons. The molecule has 1 heterocycles. The molecule has 1 N–H and O–H groups in total. The van der Waals surface area contributed by atoms with Crippen molar-refractivity contribution < 1.29 is 31.5 Å². The van der Waals surface area contributed by atoms with Gasteiger partial charge in [0.15, 0.2) is 0 Å². The quantitative estimate of drug-likeness (QED) is 0.814. The fourth-order valence-electron chi connectivity index (χ4n) is 2.75. The SMILES string of the molecule is COc1ccc(NC(=O)c2ccc(F)cc2F)cc1S(=O)(=O)N1CCOCC1. The van der Waals surface area contributed by atoms with Crippen LogP contribution < -0.4 is 10.1 Å². The standard InChI is InChI=1S/C18H18F2N2O5S/c1-26-16-5-3-13(21-18(23)14-4-2-12(19)10-15(14)20)11-17(16)28(24,25)22-6-8-27-9-7-22/h2-5,10-11H,6-9H2,1H3,(H,21,23). The van der Waals surface area contributed by atoms with Gasteiger partial charge >= 0.3 is 0 Å². The average Bonchev–Trinajstić information content (AvgIpc) is 2.68. The zero-order valence-corrected chi connectivity index (χ0v) is 15.8. The lowest BCUT2D eigenvalue weighted by atomic mass is 10.2. The molecule has 0 bridgehead atoms. The van der Waals surface area contributed by atoms with Crippen molar-refractivity contribution >= 4 is 21.6 Å². The second kappa shape index (κ2) is 8.21. The van der Waals surface area contributed by atoms with E-state index < -0.39 is 27.6 Å². The number of benzene rings is 2. The highest BCUT2D eigenvalue weighted by Gasteiger charge is 2.29. The molecule has 150 valence electrons. The molecule has 3 rings (SSSR count). The number of sulfonamides is 1. The zero-order chi connectivity index (χ0) is 20.3. The molecule has 1 amide bonds. The van der Waals surface area contributed by atoms with Gasteiger partial charge in [-0.05, 0) is 30.3 Å². The minimum absolute atomic E-state index is 0.109. The van der Waals surface area contributed by atoms with Gasteiger partial charge in [-0.2, -0.15) is 4.31 Å². The van der Waals surface area contributed by atoms with E-state index in [1.165, 1.54) is 29.6 Å². The smallest absolute Gasteiger partial charge is 0.258 e. The molecule has 1 aliphatic rings. The number of amides is 1. The molecule has 1 saturated heterocycles. The number of hydrogen-bond donors (Lipinski definition) is 1. The Morgan fingerprint density at radius 1 is 1.14 bits per heavy atom. The van der Waals surface area contributed by atoms with Crippen LogP contribution in [0.3, 0.4) is 0 Å². The Bertz CT molecular complexity index is 991. The molecule has 0 saturated carbocycles. The highest BCUT2D eigenvalue weighted by molar-refractivity contribution is 7.89. The Morgan fingerprint density at radius 3 is 2.50 bits per heavy atom. The van der Waals surface area contributed by atoms with E-state index in [1.807, 2.05) is 0 Å². The third-order valence-electron chi connectivity index (χ3n) is 4.19. The lowest BCUT2D eigenvalue weighted by Gasteiger charge is -2.26. The normalized spacial score (nSPS) is 15.2. The van der Waals surface area contributed by atoms with Crippen LogP contribution in [-0.2, 0) is 14.8 Å². The van der Waals surface area contributed by atoms with Crippen molar-refractivity contribution in [3.63, 3.8) is 0 Å². The molecule has 0 aliphatic carbocycles. The lowest BCUT2D eigenvalue weighted by Crippen LogP contribution is -2.40. The second-order valence-electron chi connectivity index (χ2n) is 5.96. The largest absolute Gasteiger partial charge is 0.495 e. The molecule has 1 fully saturated rings. The molecule has 0 atom stereocenters. The third kappa shape index (κ3) is 4.13. The number of morpholine rings is 1. The Balaban J connectivity index is 1.91. The number of carbonyl (C=O) groups is 1. The Morgan fingerprint density at radius 2 is 1.86 bits per heavy atom. The Hall–Kier alpha value is -2.56. The first kappa shape index (κ1) is 20.2. The maximum Gasteiger partial charge on any atom is 0.258 e. The molecule has 1 aliphatic heterocycles. The predicted octanol–water partition coefficient (Wildman–Crippen LogP) is 2.25. The number of nitrogens with zero attached hydrogens (tertiary/aromatic N) is 1. The van der Waals surface area contributed by atoms with Crippen molar-refractivity contribution in [3.05, 3.63) is 53.6 Å². The minimum atomic E-state index is -3.89. The molecule has 0 unspecified atom stereocenters. The molecule has 2 aromatic rings. The third-order valence-corrected chi connectivity index (χ3v) is 6.10.